The summed E-state index contributed by atoms with van der Waals surface area (Å²) < 4.78 is 50.4. The van der Waals surface area contributed by atoms with Crippen LogP contribution in [0.1, 0.15) is 27.3 Å². The van der Waals surface area contributed by atoms with Gasteiger partial charge >= 0.3 is 6.18 Å². The highest BCUT2D eigenvalue weighted by Gasteiger charge is 2.33. The average Bonchev–Trinajstić information content (AvgIpc) is 2.54. The number of aryl methyl sites for hydroxylation is 1. The minimum absolute atomic E-state index is 0.102. The van der Waals surface area contributed by atoms with E-state index >= 15 is 0 Å². The zero-order valence-electron chi connectivity index (χ0n) is 12.9. The van der Waals surface area contributed by atoms with Crippen molar-refractivity contribution in [3.63, 3.8) is 0 Å². The van der Waals surface area contributed by atoms with Gasteiger partial charge in [0.25, 0.3) is 5.91 Å². The van der Waals surface area contributed by atoms with Gasteiger partial charge in [-0.2, -0.15) is 13.2 Å². The molecular formula is C16H13F4N3O2. The van der Waals surface area contributed by atoms with Gasteiger partial charge in [0.1, 0.15) is 11.5 Å². The molecule has 1 heterocycles. The molecule has 2 amide bonds. The van der Waals surface area contributed by atoms with Gasteiger partial charge in [-0.25, -0.2) is 9.37 Å². The van der Waals surface area contributed by atoms with Gasteiger partial charge in [0.2, 0.25) is 5.91 Å². The van der Waals surface area contributed by atoms with Crippen LogP contribution in [0.15, 0.2) is 36.4 Å². The van der Waals surface area contributed by atoms with Crippen molar-refractivity contribution in [2.75, 3.05) is 0 Å². The second kappa shape index (κ2) is 7.29. The van der Waals surface area contributed by atoms with Crippen LogP contribution >= 0.6 is 0 Å². The molecule has 0 saturated carbocycles. The Bertz CT molecular complexity index is 789. The van der Waals surface area contributed by atoms with Gasteiger partial charge in [-0.1, -0.05) is 12.1 Å². The van der Waals surface area contributed by atoms with Gasteiger partial charge in [0, 0.05) is 0 Å². The fraction of sp³-hybridized carbons (Fsp3) is 0.188. The Kier molecular flexibility index (Phi) is 5.35. The summed E-state index contributed by atoms with van der Waals surface area (Å²) in [5.74, 6) is -1.81. The van der Waals surface area contributed by atoms with Crippen molar-refractivity contribution in [1.82, 2.24) is 15.8 Å². The van der Waals surface area contributed by atoms with Gasteiger partial charge in [0.15, 0.2) is 0 Å². The Morgan fingerprint density at radius 1 is 1.04 bits per heavy atom. The number of aromatic nitrogens is 1. The number of alkyl halides is 3. The summed E-state index contributed by atoms with van der Waals surface area (Å²) in [6.07, 6.45) is -4.71. The molecule has 1 aromatic heterocycles. The Balaban J connectivity index is 1.95. The van der Waals surface area contributed by atoms with E-state index in [1.54, 1.807) is 0 Å². The number of halogens is 4. The predicted octanol–water partition coefficient (Wildman–Crippen LogP) is 2.55. The van der Waals surface area contributed by atoms with Gasteiger partial charge in [0.05, 0.1) is 17.7 Å². The van der Waals surface area contributed by atoms with Crippen LogP contribution < -0.4 is 10.9 Å². The van der Waals surface area contributed by atoms with E-state index in [0.717, 1.165) is 6.07 Å². The molecule has 0 aliphatic carbocycles. The molecule has 132 valence electrons. The van der Waals surface area contributed by atoms with Crippen LogP contribution in [0, 0.1) is 12.7 Å². The van der Waals surface area contributed by atoms with Crippen LogP contribution in [0.4, 0.5) is 17.6 Å². The normalized spacial score (nSPS) is 11.1. The second-order valence-corrected chi connectivity index (χ2v) is 5.13. The number of rotatable bonds is 3. The number of nitrogens with one attached hydrogen (secondary N) is 2. The third-order valence-electron chi connectivity index (χ3n) is 3.21. The minimum atomic E-state index is -4.61. The van der Waals surface area contributed by atoms with E-state index in [2.05, 4.69) is 15.8 Å². The maximum atomic E-state index is 12.8. The third kappa shape index (κ3) is 5.00. The molecule has 25 heavy (non-hydrogen) atoms. The first-order chi connectivity index (χ1) is 11.7. The van der Waals surface area contributed by atoms with E-state index < -0.39 is 29.5 Å². The maximum absolute atomic E-state index is 12.8. The van der Waals surface area contributed by atoms with Crippen LogP contribution in [0.3, 0.4) is 0 Å². The number of hydrogen-bond donors (Lipinski definition) is 2. The molecule has 0 saturated heterocycles. The molecule has 2 aromatic rings. The number of pyridine rings is 1. The highest BCUT2D eigenvalue weighted by molar-refractivity contribution is 5.96. The Morgan fingerprint density at radius 3 is 2.24 bits per heavy atom. The van der Waals surface area contributed by atoms with Crippen molar-refractivity contribution in [2.24, 2.45) is 0 Å². The van der Waals surface area contributed by atoms with Crippen LogP contribution in [0.5, 0.6) is 0 Å². The quantitative estimate of drug-likeness (QED) is 0.657. The molecule has 0 fully saturated rings. The maximum Gasteiger partial charge on any atom is 0.433 e. The lowest BCUT2D eigenvalue weighted by Crippen LogP contribution is -2.42. The van der Waals surface area contributed by atoms with Crippen LogP contribution in [-0.4, -0.2) is 16.8 Å². The van der Waals surface area contributed by atoms with E-state index in [1.807, 2.05) is 0 Å². The molecule has 0 atom stereocenters. The first-order valence-electron chi connectivity index (χ1n) is 7.05. The van der Waals surface area contributed by atoms with Crippen molar-refractivity contribution in [2.45, 2.75) is 19.5 Å². The fourth-order valence-corrected chi connectivity index (χ4v) is 1.98. The first kappa shape index (κ1) is 18.4. The second-order valence-electron chi connectivity index (χ2n) is 5.13. The molecule has 0 aliphatic rings. The number of hydrazine groups is 1. The summed E-state index contributed by atoms with van der Waals surface area (Å²) in [5, 5.41) is 0. The highest BCUT2D eigenvalue weighted by Crippen LogP contribution is 2.28. The molecule has 9 heteroatoms. The molecule has 0 spiro atoms. The van der Waals surface area contributed by atoms with E-state index in [1.165, 1.54) is 31.2 Å². The standard InChI is InChI=1S/C16H13F4N3O2/c1-9-12(6-7-13(21-9)16(18,19)20)15(25)23-22-14(24)8-10-2-4-11(17)5-3-10/h2-7H,8H2,1H3,(H,22,24)(H,23,25). The van der Waals surface area contributed by atoms with Crippen LogP contribution in [0.25, 0.3) is 0 Å². The van der Waals surface area contributed by atoms with Crippen molar-refractivity contribution in [3.05, 3.63) is 64.7 Å². The van der Waals surface area contributed by atoms with Crippen LogP contribution in [-0.2, 0) is 17.4 Å². The number of carbonyl (C=O) groups is 2. The molecule has 5 nitrogen and oxygen atoms in total. The molecule has 2 N–H and O–H groups in total. The number of nitrogens with zero attached hydrogens (tertiary/aromatic N) is 1. The summed E-state index contributed by atoms with van der Waals surface area (Å²) in [7, 11) is 0. The Morgan fingerprint density at radius 2 is 1.68 bits per heavy atom. The van der Waals surface area contributed by atoms with Gasteiger partial charge < -0.3 is 0 Å². The van der Waals surface area contributed by atoms with E-state index in [0.29, 0.717) is 11.6 Å². The zero-order valence-corrected chi connectivity index (χ0v) is 12.9. The topological polar surface area (TPSA) is 71.1 Å². The molecule has 2 rings (SSSR count). The molecule has 0 unspecified atom stereocenters. The predicted molar refractivity (Wildman–Crippen MR) is 79.7 cm³/mol. The monoisotopic (exact) mass is 355 g/mol. The van der Waals surface area contributed by atoms with Gasteiger partial charge in [-0.05, 0) is 36.8 Å². The highest BCUT2D eigenvalue weighted by atomic mass is 19.4. The lowest BCUT2D eigenvalue weighted by atomic mass is 10.1. The van der Waals surface area contributed by atoms with E-state index in [9.17, 15) is 27.2 Å². The van der Waals surface area contributed by atoms with Gasteiger partial charge in [-0.3, -0.25) is 20.4 Å². The van der Waals surface area contributed by atoms with Crippen molar-refractivity contribution < 1.29 is 27.2 Å². The molecule has 0 radical (unpaired) electrons. The van der Waals surface area contributed by atoms with Crippen molar-refractivity contribution in [3.8, 4) is 0 Å². The summed E-state index contributed by atoms with van der Waals surface area (Å²) in [6.45, 7) is 1.25. The van der Waals surface area contributed by atoms with Crippen molar-refractivity contribution in [1.29, 1.82) is 0 Å². The van der Waals surface area contributed by atoms with Crippen molar-refractivity contribution >= 4 is 11.8 Å². The number of hydrogen-bond acceptors (Lipinski definition) is 3. The summed E-state index contributed by atoms with van der Waals surface area (Å²) in [5.41, 5.74) is 3.42. The smallest absolute Gasteiger partial charge is 0.273 e. The van der Waals surface area contributed by atoms with E-state index in [-0.39, 0.29) is 17.7 Å². The number of amides is 2. The molecule has 1 aromatic carbocycles. The minimum Gasteiger partial charge on any atom is -0.273 e. The lowest BCUT2D eigenvalue weighted by Gasteiger charge is -2.11. The first-order valence-corrected chi connectivity index (χ1v) is 7.05. The Labute approximate surface area is 140 Å². The fourth-order valence-electron chi connectivity index (χ4n) is 1.98. The summed E-state index contributed by atoms with van der Waals surface area (Å²) in [4.78, 5) is 27.0. The van der Waals surface area contributed by atoms with Gasteiger partial charge in [-0.15, -0.1) is 0 Å². The summed E-state index contributed by atoms with van der Waals surface area (Å²) in [6, 6.07) is 6.88. The Hall–Kier alpha value is -2.97. The number of benzene rings is 1. The third-order valence-corrected chi connectivity index (χ3v) is 3.21. The largest absolute Gasteiger partial charge is 0.433 e. The molecule has 0 aliphatic heterocycles. The zero-order chi connectivity index (χ0) is 18.6. The average molecular weight is 355 g/mol. The SMILES string of the molecule is Cc1nc(C(F)(F)F)ccc1C(=O)NNC(=O)Cc1ccc(F)cc1. The number of carbonyl (C=O) groups excluding carboxylic acids is 2. The lowest BCUT2D eigenvalue weighted by molar-refractivity contribution is -0.141. The molecule has 0 bridgehead atoms. The van der Waals surface area contributed by atoms with Crippen LogP contribution in [0.2, 0.25) is 0 Å². The van der Waals surface area contributed by atoms with E-state index in [4.69, 9.17) is 0 Å². The summed E-state index contributed by atoms with van der Waals surface area (Å²) >= 11 is 0. The molecular weight excluding hydrogens is 342 g/mol.